The molecule has 0 aliphatic rings. The van der Waals surface area contributed by atoms with Gasteiger partial charge in [0.1, 0.15) is 0 Å². The van der Waals surface area contributed by atoms with Crippen LogP contribution in [-0.4, -0.2) is 33.0 Å². The number of benzene rings is 1. The maximum absolute atomic E-state index is 11.4. The van der Waals surface area contributed by atoms with E-state index in [1.54, 1.807) is 19.0 Å². The van der Waals surface area contributed by atoms with E-state index in [-0.39, 0.29) is 5.91 Å². The zero-order chi connectivity index (χ0) is 14.3. The number of hydrogen-bond donors (Lipinski definition) is 0. The minimum atomic E-state index is -1.63. The summed E-state index contributed by atoms with van der Waals surface area (Å²) in [6.45, 7) is 4.53. The molecule has 0 atom stereocenters. The molecule has 102 valence electrons. The zero-order valence-corrected chi connectivity index (χ0v) is 13.4. The van der Waals surface area contributed by atoms with Crippen LogP contribution in [0, 0.1) is 11.5 Å². The van der Waals surface area contributed by atoms with E-state index in [9.17, 15) is 4.79 Å². The Labute approximate surface area is 117 Å². The number of amides is 1. The van der Waals surface area contributed by atoms with E-state index >= 15 is 0 Å². The fourth-order valence-corrected chi connectivity index (χ4v) is 3.50. The summed E-state index contributed by atoms with van der Waals surface area (Å²) >= 11 is 0. The van der Waals surface area contributed by atoms with Crippen LogP contribution in [-0.2, 0) is 4.79 Å². The molecule has 1 amide bonds. The molecule has 0 spiro atoms. The number of hydrogen-bond acceptors (Lipinski definition) is 1. The molecule has 0 radical (unpaired) electrons. The van der Waals surface area contributed by atoms with Crippen LogP contribution >= 0.6 is 0 Å². The maximum atomic E-state index is 11.4. The lowest BCUT2D eigenvalue weighted by Crippen LogP contribution is -2.39. The first-order valence-electron chi connectivity index (χ1n) is 6.69. The fraction of sp³-hybridized carbons (Fsp3) is 0.438. The van der Waals surface area contributed by atoms with Crippen LogP contribution < -0.4 is 5.19 Å². The van der Waals surface area contributed by atoms with Gasteiger partial charge in [0.05, 0.1) is 0 Å². The zero-order valence-electron chi connectivity index (χ0n) is 12.4. The van der Waals surface area contributed by atoms with Gasteiger partial charge >= 0.3 is 0 Å². The Morgan fingerprint density at radius 2 is 1.84 bits per heavy atom. The van der Waals surface area contributed by atoms with Crippen molar-refractivity contribution in [3.05, 3.63) is 30.3 Å². The van der Waals surface area contributed by atoms with Gasteiger partial charge in [-0.3, -0.25) is 4.79 Å². The Hall–Kier alpha value is -1.53. The molecule has 19 heavy (non-hydrogen) atoms. The van der Waals surface area contributed by atoms with Gasteiger partial charge in [0.2, 0.25) is 5.91 Å². The number of unbranched alkanes of at least 4 members (excludes halogenated alkanes) is 1. The van der Waals surface area contributed by atoms with Crippen LogP contribution in [0.3, 0.4) is 0 Å². The highest BCUT2D eigenvalue weighted by Crippen LogP contribution is 2.03. The molecule has 0 N–H and O–H groups in total. The van der Waals surface area contributed by atoms with Gasteiger partial charge in [-0.2, -0.15) is 0 Å². The average molecular weight is 273 g/mol. The second-order valence-corrected chi connectivity index (χ2v) is 9.51. The summed E-state index contributed by atoms with van der Waals surface area (Å²) in [6, 6.07) is 10.5. The van der Waals surface area contributed by atoms with Gasteiger partial charge in [-0.25, -0.2) is 0 Å². The molecule has 3 heteroatoms. The molecule has 0 aromatic heterocycles. The highest BCUT2D eigenvalue weighted by atomic mass is 28.3. The molecule has 1 rings (SSSR count). The topological polar surface area (TPSA) is 20.3 Å². The monoisotopic (exact) mass is 273 g/mol. The van der Waals surface area contributed by atoms with E-state index in [1.807, 2.05) is 6.07 Å². The third kappa shape index (κ3) is 5.31. The molecule has 0 aliphatic carbocycles. The lowest BCUT2D eigenvalue weighted by Gasteiger charge is -2.14. The lowest BCUT2D eigenvalue weighted by atomic mass is 10.2. The lowest BCUT2D eigenvalue weighted by molar-refractivity contribution is -0.128. The van der Waals surface area contributed by atoms with Crippen molar-refractivity contribution in [2.24, 2.45) is 0 Å². The quantitative estimate of drug-likeness (QED) is 0.469. The second kappa shape index (κ2) is 7.15. The van der Waals surface area contributed by atoms with Crippen molar-refractivity contribution in [1.29, 1.82) is 0 Å². The van der Waals surface area contributed by atoms with E-state index in [2.05, 4.69) is 48.8 Å². The van der Waals surface area contributed by atoms with Crippen molar-refractivity contribution in [2.45, 2.75) is 32.4 Å². The van der Waals surface area contributed by atoms with Crippen molar-refractivity contribution in [1.82, 2.24) is 4.90 Å². The van der Waals surface area contributed by atoms with Crippen LogP contribution in [0.1, 0.15) is 19.3 Å². The van der Waals surface area contributed by atoms with Crippen molar-refractivity contribution in [3.63, 3.8) is 0 Å². The molecule has 0 unspecified atom stereocenters. The molecule has 0 bridgehead atoms. The highest BCUT2D eigenvalue weighted by Gasteiger charge is 2.19. The van der Waals surface area contributed by atoms with E-state index in [1.165, 1.54) is 5.19 Å². The molecular weight excluding hydrogens is 250 g/mol. The third-order valence-electron chi connectivity index (χ3n) is 3.09. The molecule has 0 saturated carbocycles. The van der Waals surface area contributed by atoms with Crippen molar-refractivity contribution in [3.8, 4) is 11.5 Å². The number of rotatable bonds is 4. The fourth-order valence-electron chi connectivity index (χ4n) is 1.76. The molecule has 1 aromatic rings. The van der Waals surface area contributed by atoms with Crippen LogP contribution in [0.4, 0.5) is 0 Å². The molecule has 0 saturated heterocycles. The molecule has 0 fully saturated rings. The van der Waals surface area contributed by atoms with Crippen molar-refractivity contribution >= 4 is 19.2 Å². The van der Waals surface area contributed by atoms with E-state index in [0.29, 0.717) is 6.42 Å². The van der Waals surface area contributed by atoms with Gasteiger partial charge in [-0.15, -0.1) is 11.5 Å². The molecule has 0 heterocycles. The first kappa shape index (κ1) is 15.5. The van der Waals surface area contributed by atoms with Crippen LogP contribution in [0.2, 0.25) is 13.1 Å². The standard InChI is InChI=1S/C16H23NOSi/c1-17(2)16(18)13-9-6-10-14-19(3,4)15-11-7-5-8-12-15/h5,7-8,11-12H,6,9,13H2,1-4H3. The first-order chi connectivity index (χ1) is 8.93. The average Bonchev–Trinajstić information content (AvgIpc) is 2.39. The molecular formula is C16H23NOSi. The third-order valence-corrected chi connectivity index (χ3v) is 5.67. The molecule has 1 aromatic carbocycles. The van der Waals surface area contributed by atoms with Gasteiger partial charge in [0, 0.05) is 26.9 Å². The molecule has 0 aliphatic heterocycles. The minimum Gasteiger partial charge on any atom is -0.349 e. The number of carbonyl (C=O) groups excluding carboxylic acids is 1. The van der Waals surface area contributed by atoms with Crippen LogP contribution in [0.25, 0.3) is 0 Å². The number of nitrogens with zero attached hydrogens (tertiary/aromatic N) is 1. The Morgan fingerprint density at radius 3 is 2.42 bits per heavy atom. The normalized spacial score (nSPS) is 10.5. The Kier molecular flexibility index (Phi) is 5.84. The Morgan fingerprint density at radius 1 is 1.21 bits per heavy atom. The van der Waals surface area contributed by atoms with E-state index in [0.717, 1.165) is 12.8 Å². The smallest absolute Gasteiger partial charge is 0.222 e. The highest BCUT2D eigenvalue weighted by molar-refractivity contribution is 6.96. The SMILES string of the molecule is CN(C)C(=O)CCCC#C[Si](C)(C)c1ccccc1. The minimum absolute atomic E-state index is 0.182. The summed E-state index contributed by atoms with van der Waals surface area (Å²) in [4.78, 5) is 13.0. The summed E-state index contributed by atoms with van der Waals surface area (Å²) < 4.78 is 0. The summed E-state index contributed by atoms with van der Waals surface area (Å²) in [5.41, 5.74) is 3.44. The summed E-state index contributed by atoms with van der Waals surface area (Å²) in [5, 5.41) is 1.37. The van der Waals surface area contributed by atoms with Crippen molar-refractivity contribution < 1.29 is 4.79 Å². The first-order valence-corrected chi connectivity index (χ1v) is 9.69. The van der Waals surface area contributed by atoms with Gasteiger partial charge in [0.25, 0.3) is 0 Å². The summed E-state index contributed by atoms with van der Waals surface area (Å²) in [5.74, 6) is 3.44. The largest absolute Gasteiger partial charge is 0.349 e. The van der Waals surface area contributed by atoms with Gasteiger partial charge in [-0.1, -0.05) is 43.4 Å². The van der Waals surface area contributed by atoms with Crippen LogP contribution in [0.5, 0.6) is 0 Å². The predicted octanol–water partition coefficient (Wildman–Crippen LogP) is 2.40. The predicted molar refractivity (Wildman–Crippen MR) is 83.9 cm³/mol. The Balaban J connectivity index is 2.47. The summed E-state index contributed by atoms with van der Waals surface area (Å²) in [6.07, 6.45) is 2.25. The van der Waals surface area contributed by atoms with Gasteiger partial charge in [0.15, 0.2) is 8.07 Å². The second-order valence-electron chi connectivity index (χ2n) is 5.43. The number of carbonyl (C=O) groups is 1. The summed E-state index contributed by atoms with van der Waals surface area (Å²) in [7, 11) is 1.95. The van der Waals surface area contributed by atoms with E-state index in [4.69, 9.17) is 0 Å². The molecule has 2 nitrogen and oxygen atoms in total. The van der Waals surface area contributed by atoms with Gasteiger partial charge in [-0.05, 0) is 11.6 Å². The van der Waals surface area contributed by atoms with Crippen LogP contribution in [0.15, 0.2) is 30.3 Å². The maximum Gasteiger partial charge on any atom is 0.222 e. The Bertz CT molecular complexity index is 469. The van der Waals surface area contributed by atoms with Gasteiger partial charge < -0.3 is 4.90 Å². The van der Waals surface area contributed by atoms with Crippen molar-refractivity contribution in [2.75, 3.05) is 14.1 Å². The van der Waals surface area contributed by atoms with E-state index < -0.39 is 8.07 Å².